The van der Waals surface area contributed by atoms with E-state index in [-0.39, 0.29) is 0 Å². The summed E-state index contributed by atoms with van der Waals surface area (Å²) in [5.74, 6) is 0. The lowest BCUT2D eigenvalue weighted by Gasteiger charge is -2.22. The Morgan fingerprint density at radius 1 is 1.31 bits per heavy atom. The van der Waals surface area contributed by atoms with Crippen LogP contribution in [0.3, 0.4) is 0 Å². The zero-order chi connectivity index (χ0) is 10.5. The molecule has 0 radical (unpaired) electrons. The predicted molar refractivity (Wildman–Crippen MR) is 59.0 cm³/mol. The van der Waals surface area contributed by atoms with E-state index in [9.17, 15) is 4.57 Å². The molecule has 0 atom stereocenters. The SMILES string of the molecule is CCC(C)(C)CCOCP(C)(C)=O. The summed E-state index contributed by atoms with van der Waals surface area (Å²) in [6.45, 7) is 10.9. The van der Waals surface area contributed by atoms with E-state index < -0.39 is 7.14 Å². The predicted octanol–water partition coefficient (Wildman–Crippen LogP) is 3.41. The number of rotatable bonds is 6. The summed E-state index contributed by atoms with van der Waals surface area (Å²) in [5, 5.41) is 0. The fraction of sp³-hybridized carbons (Fsp3) is 1.00. The van der Waals surface area contributed by atoms with Crippen molar-refractivity contribution in [3.8, 4) is 0 Å². The topological polar surface area (TPSA) is 26.3 Å². The molecular weight excluding hydrogens is 183 g/mol. The summed E-state index contributed by atoms with van der Waals surface area (Å²) in [5.41, 5.74) is 0.353. The third kappa shape index (κ3) is 8.52. The maximum absolute atomic E-state index is 11.3. The highest BCUT2D eigenvalue weighted by atomic mass is 31.2. The molecule has 0 rings (SSSR count). The van der Waals surface area contributed by atoms with Gasteiger partial charge in [-0.05, 0) is 25.2 Å². The Bertz CT molecular complexity index is 181. The van der Waals surface area contributed by atoms with Crippen LogP contribution in [0.2, 0.25) is 0 Å². The maximum Gasteiger partial charge on any atom is 0.106 e. The Balaban J connectivity index is 3.52. The smallest absolute Gasteiger partial charge is 0.106 e. The minimum atomic E-state index is -1.98. The van der Waals surface area contributed by atoms with Crippen molar-refractivity contribution in [3.63, 3.8) is 0 Å². The van der Waals surface area contributed by atoms with Crippen LogP contribution in [-0.2, 0) is 9.30 Å². The number of ether oxygens (including phenoxy) is 1. The molecule has 0 saturated carbocycles. The molecule has 0 spiro atoms. The maximum atomic E-state index is 11.3. The van der Waals surface area contributed by atoms with Gasteiger partial charge in [0.05, 0.1) is 6.35 Å². The van der Waals surface area contributed by atoms with Gasteiger partial charge in [0.1, 0.15) is 7.14 Å². The molecule has 0 N–H and O–H groups in total. The molecule has 2 nitrogen and oxygen atoms in total. The molecule has 0 aromatic heterocycles. The standard InChI is InChI=1S/C10H23O2P/c1-6-10(2,3)7-8-12-9-13(4,5)11/h6-9H2,1-5H3. The van der Waals surface area contributed by atoms with E-state index in [2.05, 4.69) is 20.8 Å². The van der Waals surface area contributed by atoms with Crippen LogP contribution >= 0.6 is 7.14 Å². The highest BCUT2D eigenvalue weighted by Crippen LogP contribution is 2.35. The Kier molecular flexibility index (Phi) is 5.24. The first kappa shape index (κ1) is 13.2. The molecular formula is C10H23O2P. The quantitative estimate of drug-likeness (QED) is 0.491. The molecule has 0 aliphatic heterocycles. The number of hydrogen-bond acceptors (Lipinski definition) is 2. The molecule has 0 unspecified atom stereocenters. The van der Waals surface area contributed by atoms with Crippen LogP contribution in [0.5, 0.6) is 0 Å². The molecule has 0 aromatic rings. The first-order valence-corrected chi connectivity index (χ1v) is 7.67. The molecule has 0 heterocycles. The van der Waals surface area contributed by atoms with E-state index in [1.807, 2.05) is 0 Å². The van der Waals surface area contributed by atoms with Crippen molar-refractivity contribution in [1.82, 2.24) is 0 Å². The fourth-order valence-corrected chi connectivity index (χ4v) is 1.38. The highest BCUT2D eigenvalue weighted by molar-refractivity contribution is 7.62. The first-order chi connectivity index (χ1) is 5.77. The van der Waals surface area contributed by atoms with Crippen molar-refractivity contribution < 1.29 is 9.30 Å². The van der Waals surface area contributed by atoms with Crippen molar-refractivity contribution in [1.29, 1.82) is 0 Å². The van der Waals surface area contributed by atoms with Crippen molar-refractivity contribution >= 4 is 7.14 Å². The van der Waals surface area contributed by atoms with Crippen molar-refractivity contribution in [2.45, 2.75) is 33.6 Å². The van der Waals surface area contributed by atoms with Gasteiger partial charge in [-0.25, -0.2) is 0 Å². The van der Waals surface area contributed by atoms with E-state index >= 15 is 0 Å². The lowest BCUT2D eigenvalue weighted by Crippen LogP contribution is -2.13. The van der Waals surface area contributed by atoms with Gasteiger partial charge in [0.15, 0.2) is 0 Å². The zero-order valence-corrected chi connectivity index (χ0v) is 10.5. The minimum Gasteiger partial charge on any atom is -0.374 e. The second-order valence-electron chi connectivity index (χ2n) is 4.88. The molecule has 13 heavy (non-hydrogen) atoms. The van der Waals surface area contributed by atoms with Gasteiger partial charge in [0.25, 0.3) is 0 Å². The summed E-state index contributed by atoms with van der Waals surface area (Å²) in [6, 6.07) is 0. The molecule has 0 saturated heterocycles. The van der Waals surface area contributed by atoms with Crippen LogP contribution in [-0.4, -0.2) is 26.3 Å². The Morgan fingerprint density at radius 2 is 1.85 bits per heavy atom. The number of hydrogen-bond donors (Lipinski definition) is 0. The molecule has 0 bridgehead atoms. The van der Waals surface area contributed by atoms with Crippen LogP contribution < -0.4 is 0 Å². The van der Waals surface area contributed by atoms with Gasteiger partial charge in [0.2, 0.25) is 0 Å². The summed E-state index contributed by atoms with van der Waals surface area (Å²) in [7, 11) is -1.98. The van der Waals surface area contributed by atoms with E-state index in [0.29, 0.717) is 11.8 Å². The molecule has 0 fully saturated rings. The van der Waals surface area contributed by atoms with Gasteiger partial charge in [-0.2, -0.15) is 0 Å². The van der Waals surface area contributed by atoms with Gasteiger partial charge in [0, 0.05) is 6.61 Å². The lowest BCUT2D eigenvalue weighted by molar-refractivity contribution is 0.134. The molecule has 0 amide bonds. The Hall–Kier alpha value is 0.190. The van der Waals surface area contributed by atoms with Crippen molar-refractivity contribution in [2.24, 2.45) is 5.41 Å². The Labute approximate surface area is 82.4 Å². The minimum absolute atomic E-state index is 0.353. The van der Waals surface area contributed by atoms with Gasteiger partial charge < -0.3 is 9.30 Å². The molecule has 80 valence electrons. The van der Waals surface area contributed by atoms with Crippen molar-refractivity contribution in [2.75, 3.05) is 26.3 Å². The van der Waals surface area contributed by atoms with Gasteiger partial charge in [-0.15, -0.1) is 0 Å². The van der Waals surface area contributed by atoms with Crippen molar-refractivity contribution in [3.05, 3.63) is 0 Å². The zero-order valence-electron chi connectivity index (χ0n) is 9.59. The van der Waals surface area contributed by atoms with Crippen LogP contribution in [0.4, 0.5) is 0 Å². The summed E-state index contributed by atoms with van der Waals surface area (Å²) < 4.78 is 16.7. The van der Waals surface area contributed by atoms with Gasteiger partial charge in [-0.3, -0.25) is 0 Å². The second kappa shape index (κ2) is 5.17. The van der Waals surface area contributed by atoms with Crippen LogP contribution in [0.1, 0.15) is 33.6 Å². The van der Waals surface area contributed by atoms with Gasteiger partial charge in [-0.1, -0.05) is 27.2 Å². The van der Waals surface area contributed by atoms with E-state index in [1.54, 1.807) is 13.3 Å². The molecule has 0 aromatic carbocycles. The lowest BCUT2D eigenvalue weighted by atomic mass is 9.87. The van der Waals surface area contributed by atoms with E-state index in [1.165, 1.54) is 0 Å². The Morgan fingerprint density at radius 3 is 2.23 bits per heavy atom. The summed E-state index contributed by atoms with van der Waals surface area (Å²) in [4.78, 5) is 0. The normalized spacial score (nSPS) is 13.3. The molecule has 0 aliphatic rings. The average Bonchev–Trinajstić information content (AvgIpc) is 1.97. The molecule has 0 aliphatic carbocycles. The molecule has 3 heteroatoms. The highest BCUT2D eigenvalue weighted by Gasteiger charge is 2.15. The fourth-order valence-electron chi connectivity index (χ4n) is 0.810. The second-order valence-corrected chi connectivity index (χ2v) is 8.29. The summed E-state index contributed by atoms with van der Waals surface area (Å²) >= 11 is 0. The third-order valence-corrected chi connectivity index (χ3v) is 3.09. The van der Waals surface area contributed by atoms with E-state index in [0.717, 1.165) is 19.4 Å². The largest absolute Gasteiger partial charge is 0.374 e. The first-order valence-electron chi connectivity index (χ1n) is 4.88. The van der Waals surface area contributed by atoms with Crippen LogP contribution in [0.25, 0.3) is 0 Å². The third-order valence-electron chi connectivity index (χ3n) is 2.28. The van der Waals surface area contributed by atoms with Crippen LogP contribution in [0, 0.1) is 5.41 Å². The van der Waals surface area contributed by atoms with Gasteiger partial charge >= 0.3 is 0 Å². The monoisotopic (exact) mass is 206 g/mol. The van der Waals surface area contributed by atoms with E-state index in [4.69, 9.17) is 4.74 Å². The van der Waals surface area contributed by atoms with Crippen LogP contribution in [0.15, 0.2) is 0 Å². The summed E-state index contributed by atoms with van der Waals surface area (Å²) in [6.07, 6.45) is 2.63. The average molecular weight is 206 g/mol.